The van der Waals surface area contributed by atoms with E-state index in [1.807, 2.05) is 0 Å². The second-order valence-corrected chi connectivity index (χ2v) is 4.28. The van der Waals surface area contributed by atoms with E-state index in [2.05, 4.69) is 10.2 Å². The highest BCUT2D eigenvalue weighted by atomic mass is 19.3. The number of hydrogen-bond acceptors (Lipinski definition) is 3. The quantitative estimate of drug-likeness (QED) is 0.904. The maximum Gasteiger partial charge on any atom is 0.353 e. The molecule has 0 saturated carbocycles. The average molecular weight is 282 g/mol. The van der Waals surface area contributed by atoms with E-state index in [-0.39, 0.29) is 17.0 Å². The lowest BCUT2D eigenvalue weighted by Crippen LogP contribution is -2.07. The molecule has 2 N–H and O–H groups in total. The number of rotatable bonds is 4. The normalized spacial score (nSPS) is 11.4. The van der Waals surface area contributed by atoms with Crippen LogP contribution < -0.4 is 4.74 Å². The van der Waals surface area contributed by atoms with E-state index >= 15 is 0 Å². The summed E-state index contributed by atoms with van der Waals surface area (Å²) in [6, 6.07) is 5.16. The molecule has 106 valence electrons. The molecule has 0 fully saturated rings. The van der Waals surface area contributed by atoms with Gasteiger partial charge in [0.25, 0.3) is 5.92 Å². The first-order valence-corrected chi connectivity index (χ1v) is 5.68. The van der Waals surface area contributed by atoms with Gasteiger partial charge < -0.3 is 9.84 Å². The number of methoxy groups -OCH3 is 1. The third kappa shape index (κ3) is 2.61. The van der Waals surface area contributed by atoms with Crippen LogP contribution in [0, 0.1) is 0 Å². The Bertz CT molecular complexity index is 647. The smallest absolute Gasteiger partial charge is 0.353 e. The highest BCUT2D eigenvalue weighted by molar-refractivity contribution is 5.87. The SMILES string of the molecule is COc1ccc(C(C)(F)F)cc1-c1cc(C(=O)O)[nH]n1. The molecule has 7 heteroatoms. The number of alkyl halides is 2. The van der Waals surface area contributed by atoms with Gasteiger partial charge in [-0.3, -0.25) is 5.10 Å². The second-order valence-electron chi connectivity index (χ2n) is 4.28. The van der Waals surface area contributed by atoms with E-state index in [0.717, 1.165) is 6.92 Å². The number of carbonyl (C=O) groups is 1. The summed E-state index contributed by atoms with van der Waals surface area (Å²) in [6.07, 6.45) is 0. The van der Waals surface area contributed by atoms with Crippen LogP contribution in [0.3, 0.4) is 0 Å². The van der Waals surface area contributed by atoms with Crippen molar-refractivity contribution in [3.8, 4) is 17.0 Å². The van der Waals surface area contributed by atoms with Crippen LogP contribution in [0.5, 0.6) is 5.75 Å². The fourth-order valence-corrected chi connectivity index (χ4v) is 1.75. The molecule has 0 unspecified atom stereocenters. The van der Waals surface area contributed by atoms with Gasteiger partial charge in [-0.25, -0.2) is 13.6 Å². The summed E-state index contributed by atoms with van der Waals surface area (Å²) in [5.41, 5.74) is 0.199. The Morgan fingerprint density at radius 3 is 2.60 bits per heavy atom. The van der Waals surface area contributed by atoms with E-state index in [4.69, 9.17) is 9.84 Å². The maximum atomic E-state index is 13.4. The third-order valence-electron chi connectivity index (χ3n) is 2.79. The molecule has 0 saturated heterocycles. The van der Waals surface area contributed by atoms with Crippen LogP contribution >= 0.6 is 0 Å². The Balaban J connectivity index is 2.55. The molecule has 0 atom stereocenters. The highest BCUT2D eigenvalue weighted by Crippen LogP contribution is 2.35. The highest BCUT2D eigenvalue weighted by Gasteiger charge is 2.26. The lowest BCUT2D eigenvalue weighted by molar-refractivity contribution is 0.0175. The topological polar surface area (TPSA) is 75.2 Å². The number of hydrogen-bond donors (Lipinski definition) is 2. The number of ether oxygens (including phenoxy) is 1. The van der Waals surface area contributed by atoms with Crippen molar-refractivity contribution < 1.29 is 23.4 Å². The van der Waals surface area contributed by atoms with Gasteiger partial charge in [0.05, 0.1) is 12.8 Å². The van der Waals surface area contributed by atoms with Crippen LogP contribution in [0.4, 0.5) is 8.78 Å². The Morgan fingerprint density at radius 2 is 2.10 bits per heavy atom. The molecule has 1 aromatic heterocycles. The van der Waals surface area contributed by atoms with Crippen molar-refractivity contribution in [3.63, 3.8) is 0 Å². The van der Waals surface area contributed by atoms with Crippen LogP contribution in [0.2, 0.25) is 0 Å². The Kier molecular flexibility index (Phi) is 3.44. The molecule has 0 aliphatic heterocycles. The van der Waals surface area contributed by atoms with Gasteiger partial charge in [0, 0.05) is 18.1 Å². The number of aromatic nitrogens is 2. The summed E-state index contributed by atoms with van der Waals surface area (Å²) < 4.78 is 31.8. The predicted molar refractivity (Wildman–Crippen MR) is 67.1 cm³/mol. The summed E-state index contributed by atoms with van der Waals surface area (Å²) in [7, 11) is 1.40. The molecule has 0 amide bonds. The minimum Gasteiger partial charge on any atom is -0.496 e. The molecule has 2 aromatic rings. The first-order chi connectivity index (χ1) is 9.32. The van der Waals surface area contributed by atoms with E-state index in [1.54, 1.807) is 0 Å². The summed E-state index contributed by atoms with van der Waals surface area (Å²) in [6.45, 7) is 0.784. The van der Waals surface area contributed by atoms with Gasteiger partial charge >= 0.3 is 5.97 Å². The van der Waals surface area contributed by atoms with Gasteiger partial charge in [-0.2, -0.15) is 5.10 Å². The van der Waals surface area contributed by atoms with Crippen molar-refractivity contribution in [1.29, 1.82) is 0 Å². The van der Waals surface area contributed by atoms with Crippen molar-refractivity contribution >= 4 is 5.97 Å². The van der Waals surface area contributed by atoms with Gasteiger partial charge in [0.1, 0.15) is 11.4 Å². The molecular weight excluding hydrogens is 270 g/mol. The first-order valence-electron chi connectivity index (χ1n) is 5.68. The van der Waals surface area contributed by atoms with E-state index in [1.165, 1.54) is 31.4 Å². The van der Waals surface area contributed by atoms with E-state index < -0.39 is 11.9 Å². The zero-order valence-corrected chi connectivity index (χ0v) is 10.8. The molecule has 1 heterocycles. The van der Waals surface area contributed by atoms with E-state index in [0.29, 0.717) is 11.3 Å². The summed E-state index contributed by atoms with van der Waals surface area (Å²) in [4.78, 5) is 10.8. The third-order valence-corrected chi connectivity index (χ3v) is 2.79. The Hall–Kier alpha value is -2.44. The first kappa shape index (κ1) is 14.0. The zero-order valence-electron chi connectivity index (χ0n) is 10.8. The van der Waals surface area contributed by atoms with Crippen LogP contribution in [0.25, 0.3) is 11.3 Å². The number of H-pyrrole nitrogens is 1. The van der Waals surface area contributed by atoms with Crippen molar-refractivity contribution in [1.82, 2.24) is 10.2 Å². The maximum absolute atomic E-state index is 13.4. The molecule has 0 aliphatic carbocycles. The van der Waals surface area contributed by atoms with Crippen LogP contribution in [0.1, 0.15) is 23.0 Å². The minimum atomic E-state index is -3.01. The van der Waals surface area contributed by atoms with Crippen LogP contribution in [-0.2, 0) is 5.92 Å². The number of aromatic carboxylic acids is 1. The van der Waals surface area contributed by atoms with Gasteiger partial charge in [-0.05, 0) is 24.3 Å². The molecule has 0 radical (unpaired) electrons. The monoisotopic (exact) mass is 282 g/mol. The molecule has 0 bridgehead atoms. The van der Waals surface area contributed by atoms with Gasteiger partial charge in [0.15, 0.2) is 0 Å². The minimum absolute atomic E-state index is 0.129. The number of nitrogens with zero attached hydrogens (tertiary/aromatic N) is 1. The van der Waals surface area contributed by atoms with E-state index in [9.17, 15) is 13.6 Å². The Morgan fingerprint density at radius 1 is 1.40 bits per heavy atom. The second kappa shape index (κ2) is 4.92. The number of carboxylic acids is 1. The molecule has 1 aromatic carbocycles. The lowest BCUT2D eigenvalue weighted by Gasteiger charge is -2.13. The van der Waals surface area contributed by atoms with Crippen LogP contribution in [0.15, 0.2) is 24.3 Å². The predicted octanol–water partition coefficient (Wildman–Crippen LogP) is 2.90. The van der Waals surface area contributed by atoms with Gasteiger partial charge in [-0.15, -0.1) is 0 Å². The van der Waals surface area contributed by atoms with Crippen LogP contribution in [-0.4, -0.2) is 28.4 Å². The molecule has 20 heavy (non-hydrogen) atoms. The Labute approximate surface area is 113 Å². The molecule has 5 nitrogen and oxygen atoms in total. The summed E-state index contributed by atoms with van der Waals surface area (Å²) in [5, 5.41) is 15.0. The van der Waals surface area contributed by atoms with Gasteiger partial charge in [0.2, 0.25) is 0 Å². The van der Waals surface area contributed by atoms with Gasteiger partial charge in [-0.1, -0.05) is 0 Å². The largest absolute Gasteiger partial charge is 0.496 e. The van der Waals surface area contributed by atoms with Crippen molar-refractivity contribution in [3.05, 3.63) is 35.5 Å². The zero-order chi connectivity index (χ0) is 14.9. The molecule has 2 rings (SSSR count). The number of carboxylic acid groups (broad SMARTS) is 1. The fraction of sp³-hybridized carbons (Fsp3) is 0.231. The lowest BCUT2D eigenvalue weighted by atomic mass is 10.0. The van der Waals surface area contributed by atoms with Crippen molar-refractivity contribution in [2.24, 2.45) is 0 Å². The average Bonchev–Trinajstić information content (AvgIpc) is 2.86. The molecule has 0 aliphatic rings. The van der Waals surface area contributed by atoms with Crippen molar-refractivity contribution in [2.75, 3.05) is 7.11 Å². The summed E-state index contributed by atoms with van der Waals surface area (Å²) >= 11 is 0. The number of halogens is 2. The fourth-order valence-electron chi connectivity index (χ4n) is 1.75. The number of benzene rings is 1. The number of aromatic amines is 1. The van der Waals surface area contributed by atoms with Crippen molar-refractivity contribution in [2.45, 2.75) is 12.8 Å². The molecule has 0 spiro atoms. The standard InChI is InChI=1S/C13H12F2N2O3/c1-13(14,15)7-3-4-11(20-2)8(5-7)9-6-10(12(18)19)17-16-9/h3-6H,1-2H3,(H,16,17)(H,18,19). The summed E-state index contributed by atoms with van der Waals surface area (Å²) in [5.74, 6) is -3.85. The number of nitrogens with one attached hydrogen (secondary N) is 1. The molecular formula is C13H12F2N2O3.